The van der Waals surface area contributed by atoms with Gasteiger partial charge in [0.25, 0.3) is 10.0 Å². The van der Waals surface area contributed by atoms with Crippen LogP contribution in [0.15, 0.2) is 47.4 Å². The summed E-state index contributed by atoms with van der Waals surface area (Å²) in [5.41, 5.74) is 1.79. The van der Waals surface area contributed by atoms with Crippen molar-refractivity contribution < 1.29 is 21.9 Å². The molecule has 188 valence electrons. The van der Waals surface area contributed by atoms with Gasteiger partial charge in [-0.2, -0.15) is 10.1 Å². The Labute approximate surface area is 210 Å². The number of H-pyrrole nitrogens is 1. The largest absolute Gasteiger partial charge is 0.471 e. The predicted octanol–water partition coefficient (Wildman–Crippen LogP) is 4.00. The molecule has 1 aliphatic heterocycles. The molecule has 1 saturated heterocycles. The molecule has 0 spiro atoms. The first kappa shape index (κ1) is 24.3. The highest BCUT2D eigenvalue weighted by Crippen LogP contribution is 2.31. The van der Waals surface area contributed by atoms with Gasteiger partial charge in [0.1, 0.15) is 22.6 Å². The van der Waals surface area contributed by atoms with E-state index in [0.29, 0.717) is 35.3 Å². The second-order valence-electron chi connectivity index (χ2n) is 8.28. The number of ether oxygens (including phenoxy) is 1. The van der Waals surface area contributed by atoms with Gasteiger partial charge in [0.15, 0.2) is 17.3 Å². The van der Waals surface area contributed by atoms with Crippen molar-refractivity contribution in [1.29, 1.82) is 0 Å². The van der Waals surface area contributed by atoms with Crippen LogP contribution in [0.4, 0.5) is 14.5 Å². The molecular formula is C23H21ClF2N6O3S. The van der Waals surface area contributed by atoms with Crippen LogP contribution in [0.5, 0.6) is 5.88 Å². The van der Waals surface area contributed by atoms with E-state index in [1.165, 1.54) is 24.3 Å². The normalized spacial score (nSPS) is 18.3. The van der Waals surface area contributed by atoms with E-state index >= 15 is 0 Å². The quantitative estimate of drug-likeness (QED) is 0.342. The summed E-state index contributed by atoms with van der Waals surface area (Å²) in [6.45, 7) is 2.60. The number of fused-ring (bicyclic) bond motifs is 1. The number of piperidine rings is 1. The maximum atomic E-state index is 14.4. The number of aromatic nitrogens is 4. The zero-order chi connectivity index (χ0) is 25.4. The zero-order valence-corrected chi connectivity index (χ0v) is 20.5. The van der Waals surface area contributed by atoms with Crippen molar-refractivity contribution in [3.63, 3.8) is 0 Å². The standard InChI is InChI=1S/C23H21ClF2N6O3S/c1-12-19-22(31-30-12)28-21(29-23(19)35-17-9-10-27-11-16(17)25)13-5-7-14(8-6-13)32-36(33,34)18-4-2-3-15(24)20(18)26/h2-8,16-17,27,32H,9-11H2,1H3,(H,28,29,30,31)/t16-,17+/m0/s1. The van der Waals surface area contributed by atoms with Crippen LogP contribution >= 0.6 is 11.6 Å². The molecule has 0 bridgehead atoms. The van der Waals surface area contributed by atoms with Crippen LogP contribution < -0.4 is 14.8 Å². The smallest absolute Gasteiger partial charge is 0.264 e. The molecule has 4 aromatic rings. The summed E-state index contributed by atoms with van der Waals surface area (Å²) in [5.74, 6) is -0.533. The van der Waals surface area contributed by atoms with Crippen LogP contribution in [0.3, 0.4) is 0 Å². The first-order valence-electron chi connectivity index (χ1n) is 11.0. The van der Waals surface area contributed by atoms with Crippen molar-refractivity contribution in [1.82, 2.24) is 25.5 Å². The lowest BCUT2D eigenvalue weighted by atomic mass is 10.1. The molecule has 3 N–H and O–H groups in total. The van der Waals surface area contributed by atoms with E-state index in [4.69, 9.17) is 16.3 Å². The van der Waals surface area contributed by atoms with Crippen LogP contribution in [-0.2, 0) is 10.0 Å². The molecule has 2 aromatic carbocycles. The first-order chi connectivity index (χ1) is 17.2. The Hall–Kier alpha value is -3.35. The fourth-order valence-corrected chi connectivity index (χ4v) is 5.31. The second-order valence-corrected chi connectivity index (χ2v) is 10.3. The fraction of sp³-hybridized carbons (Fsp3) is 0.261. The molecule has 5 rings (SSSR count). The van der Waals surface area contributed by atoms with E-state index < -0.39 is 33.0 Å². The molecule has 0 radical (unpaired) electrons. The summed E-state index contributed by atoms with van der Waals surface area (Å²) < 4.78 is 62.2. The molecule has 2 aromatic heterocycles. The molecule has 36 heavy (non-hydrogen) atoms. The Morgan fingerprint density at radius 1 is 1.17 bits per heavy atom. The minimum absolute atomic E-state index is 0.197. The highest BCUT2D eigenvalue weighted by Gasteiger charge is 2.28. The fourth-order valence-electron chi connectivity index (χ4n) is 3.92. The lowest BCUT2D eigenvalue weighted by molar-refractivity contribution is 0.0707. The zero-order valence-electron chi connectivity index (χ0n) is 18.9. The Morgan fingerprint density at radius 3 is 2.69 bits per heavy atom. The third kappa shape index (κ3) is 4.71. The van der Waals surface area contributed by atoms with Gasteiger partial charge >= 0.3 is 0 Å². The molecule has 2 atom stereocenters. The van der Waals surface area contributed by atoms with E-state index in [9.17, 15) is 17.2 Å². The number of nitrogens with one attached hydrogen (secondary N) is 3. The lowest BCUT2D eigenvalue weighted by Crippen LogP contribution is -2.44. The van der Waals surface area contributed by atoms with Crippen molar-refractivity contribution in [3.05, 3.63) is 59.0 Å². The lowest BCUT2D eigenvalue weighted by Gasteiger charge is -2.27. The number of halogens is 3. The average Bonchev–Trinajstić information content (AvgIpc) is 3.23. The van der Waals surface area contributed by atoms with E-state index in [2.05, 4.69) is 30.2 Å². The molecule has 0 aliphatic carbocycles. The van der Waals surface area contributed by atoms with Gasteiger partial charge in [0.05, 0.1) is 10.7 Å². The molecule has 13 heteroatoms. The first-order valence-corrected chi connectivity index (χ1v) is 12.9. The third-order valence-electron chi connectivity index (χ3n) is 5.78. The predicted molar refractivity (Wildman–Crippen MR) is 131 cm³/mol. The second kappa shape index (κ2) is 9.60. The summed E-state index contributed by atoms with van der Waals surface area (Å²) in [4.78, 5) is 8.45. The number of hydrogen-bond acceptors (Lipinski definition) is 7. The van der Waals surface area contributed by atoms with Crippen LogP contribution in [0.1, 0.15) is 12.1 Å². The molecule has 3 heterocycles. The number of anilines is 1. The molecular weight excluding hydrogens is 514 g/mol. The molecule has 0 amide bonds. The highest BCUT2D eigenvalue weighted by molar-refractivity contribution is 7.92. The number of benzene rings is 2. The molecule has 9 nitrogen and oxygen atoms in total. The number of hydrogen-bond donors (Lipinski definition) is 3. The summed E-state index contributed by atoms with van der Waals surface area (Å²) in [5, 5.41) is 10.3. The average molecular weight is 535 g/mol. The Kier molecular flexibility index (Phi) is 6.49. The van der Waals surface area contributed by atoms with Gasteiger partial charge < -0.3 is 10.1 Å². The number of alkyl halides is 1. The van der Waals surface area contributed by atoms with E-state index in [1.54, 1.807) is 19.1 Å². The van der Waals surface area contributed by atoms with E-state index in [0.717, 1.165) is 6.07 Å². The van der Waals surface area contributed by atoms with Crippen molar-refractivity contribution >= 4 is 38.3 Å². The molecule has 0 unspecified atom stereocenters. The summed E-state index contributed by atoms with van der Waals surface area (Å²) in [6.07, 6.45) is -1.35. The highest BCUT2D eigenvalue weighted by atomic mass is 35.5. The maximum Gasteiger partial charge on any atom is 0.264 e. The minimum Gasteiger partial charge on any atom is -0.471 e. The monoisotopic (exact) mass is 534 g/mol. The third-order valence-corrected chi connectivity index (χ3v) is 7.47. The van der Waals surface area contributed by atoms with E-state index in [-0.39, 0.29) is 29.0 Å². The number of sulfonamides is 1. The Morgan fingerprint density at radius 2 is 1.94 bits per heavy atom. The van der Waals surface area contributed by atoms with Crippen LogP contribution in [0, 0.1) is 12.7 Å². The van der Waals surface area contributed by atoms with Crippen molar-refractivity contribution in [3.8, 4) is 17.3 Å². The number of aromatic amines is 1. The van der Waals surface area contributed by atoms with Crippen molar-refractivity contribution in [2.75, 3.05) is 17.8 Å². The summed E-state index contributed by atoms with van der Waals surface area (Å²) in [7, 11) is -4.21. The number of nitrogens with zero attached hydrogens (tertiary/aromatic N) is 3. The summed E-state index contributed by atoms with van der Waals surface area (Å²) >= 11 is 5.71. The van der Waals surface area contributed by atoms with Gasteiger partial charge in [0.2, 0.25) is 5.88 Å². The minimum atomic E-state index is -4.21. The SMILES string of the molecule is Cc1n[nH]c2nc(-c3ccc(NS(=O)(=O)c4cccc(Cl)c4F)cc3)nc(O[C@@H]3CCNC[C@@H]3F)c12. The molecule has 1 aliphatic rings. The number of aryl methyl sites for hydroxylation is 1. The van der Waals surface area contributed by atoms with Crippen molar-refractivity contribution in [2.24, 2.45) is 0 Å². The topological polar surface area (TPSA) is 122 Å². The van der Waals surface area contributed by atoms with Crippen LogP contribution in [0.25, 0.3) is 22.4 Å². The van der Waals surface area contributed by atoms with Gasteiger partial charge in [-0.15, -0.1) is 0 Å². The Balaban J connectivity index is 1.44. The molecule has 0 saturated carbocycles. The summed E-state index contributed by atoms with van der Waals surface area (Å²) in [6, 6.07) is 9.92. The van der Waals surface area contributed by atoms with Gasteiger partial charge in [-0.3, -0.25) is 9.82 Å². The van der Waals surface area contributed by atoms with Gasteiger partial charge in [-0.05, 0) is 56.3 Å². The van der Waals surface area contributed by atoms with Crippen LogP contribution in [-0.4, -0.2) is 53.9 Å². The number of rotatable bonds is 6. The van der Waals surface area contributed by atoms with E-state index in [1.807, 2.05) is 0 Å². The Bertz CT molecular complexity index is 1530. The van der Waals surface area contributed by atoms with Crippen LogP contribution in [0.2, 0.25) is 5.02 Å². The van der Waals surface area contributed by atoms with Gasteiger partial charge in [-0.25, -0.2) is 22.2 Å². The molecule has 1 fully saturated rings. The van der Waals surface area contributed by atoms with Gasteiger partial charge in [-0.1, -0.05) is 17.7 Å². The maximum absolute atomic E-state index is 14.4. The van der Waals surface area contributed by atoms with Crippen molar-refractivity contribution in [2.45, 2.75) is 30.5 Å². The van der Waals surface area contributed by atoms with Gasteiger partial charge in [0, 0.05) is 17.8 Å².